The molecule has 0 saturated heterocycles. The van der Waals surface area contributed by atoms with Crippen molar-refractivity contribution in [3.05, 3.63) is 75.9 Å². The number of halogens is 2. The highest BCUT2D eigenvalue weighted by molar-refractivity contribution is 6.30. The van der Waals surface area contributed by atoms with E-state index in [1.807, 2.05) is 28.8 Å². The molecular formula is C18H13Cl2NO2. The van der Waals surface area contributed by atoms with E-state index in [-0.39, 0.29) is 5.56 Å². The Morgan fingerprint density at radius 3 is 2.00 bits per heavy atom. The third kappa shape index (κ3) is 2.98. The summed E-state index contributed by atoms with van der Waals surface area (Å²) in [6, 6.07) is 16.3. The van der Waals surface area contributed by atoms with Crippen molar-refractivity contribution >= 4 is 29.2 Å². The van der Waals surface area contributed by atoms with Crippen LogP contribution in [0.15, 0.2) is 54.6 Å². The Kier molecular flexibility index (Phi) is 4.16. The average molecular weight is 346 g/mol. The second-order valence-corrected chi connectivity index (χ2v) is 6.03. The van der Waals surface area contributed by atoms with Crippen LogP contribution in [-0.2, 0) is 0 Å². The van der Waals surface area contributed by atoms with Gasteiger partial charge in [0.2, 0.25) is 0 Å². The Bertz CT molecular complexity index is 865. The number of nitrogens with zero attached hydrogens (tertiary/aromatic N) is 1. The van der Waals surface area contributed by atoms with E-state index in [1.54, 1.807) is 37.3 Å². The highest BCUT2D eigenvalue weighted by atomic mass is 35.5. The van der Waals surface area contributed by atoms with Gasteiger partial charge in [-0.1, -0.05) is 35.3 Å². The molecule has 0 saturated carbocycles. The molecule has 1 aromatic heterocycles. The second kappa shape index (κ2) is 6.11. The molecule has 0 aliphatic heterocycles. The largest absolute Gasteiger partial charge is 0.478 e. The molecule has 1 heterocycles. The second-order valence-electron chi connectivity index (χ2n) is 5.15. The molecule has 2 aromatic carbocycles. The number of hydrogen-bond donors (Lipinski definition) is 1. The van der Waals surface area contributed by atoms with Gasteiger partial charge in [-0.3, -0.25) is 0 Å². The lowest BCUT2D eigenvalue weighted by atomic mass is 10.1. The van der Waals surface area contributed by atoms with Crippen LogP contribution in [0.25, 0.3) is 16.9 Å². The van der Waals surface area contributed by atoms with Crippen LogP contribution >= 0.6 is 23.2 Å². The van der Waals surface area contributed by atoms with Gasteiger partial charge in [-0.05, 0) is 55.0 Å². The third-order valence-electron chi connectivity index (χ3n) is 3.70. The zero-order valence-electron chi connectivity index (χ0n) is 12.3. The van der Waals surface area contributed by atoms with Crippen LogP contribution in [-0.4, -0.2) is 15.6 Å². The van der Waals surface area contributed by atoms with Gasteiger partial charge in [-0.25, -0.2) is 4.79 Å². The van der Waals surface area contributed by atoms with Crippen molar-refractivity contribution in [3.63, 3.8) is 0 Å². The molecule has 0 fully saturated rings. The van der Waals surface area contributed by atoms with Crippen LogP contribution in [0.1, 0.15) is 16.1 Å². The summed E-state index contributed by atoms with van der Waals surface area (Å²) in [6.45, 7) is 1.79. The zero-order chi connectivity index (χ0) is 16.6. The molecule has 5 heteroatoms. The molecule has 1 N–H and O–H groups in total. The monoisotopic (exact) mass is 345 g/mol. The minimum absolute atomic E-state index is 0.268. The standard InChI is InChI=1S/C18H13Cl2NO2/c1-11-16(18(22)23)10-17(12-2-4-13(19)5-3-12)21(11)15-8-6-14(20)7-9-15/h2-10H,1H3,(H,22,23). The van der Waals surface area contributed by atoms with Crippen LogP contribution in [0.3, 0.4) is 0 Å². The lowest BCUT2D eigenvalue weighted by molar-refractivity contribution is 0.0696. The molecular weight excluding hydrogens is 333 g/mol. The third-order valence-corrected chi connectivity index (χ3v) is 4.21. The number of carbonyl (C=O) groups is 1. The Morgan fingerprint density at radius 2 is 1.48 bits per heavy atom. The molecule has 0 atom stereocenters. The van der Waals surface area contributed by atoms with Gasteiger partial charge in [0, 0.05) is 21.4 Å². The van der Waals surface area contributed by atoms with Crippen molar-refractivity contribution < 1.29 is 9.90 Å². The number of benzene rings is 2. The van der Waals surface area contributed by atoms with Crippen molar-refractivity contribution in [2.45, 2.75) is 6.92 Å². The fraction of sp³-hybridized carbons (Fsp3) is 0.0556. The summed E-state index contributed by atoms with van der Waals surface area (Å²) in [5.74, 6) is -0.953. The Hall–Kier alpha value is -2.23. The predicted octanol–water partition coefficient (Wildman–Crippen LogP) is 5.46. The highest BCUT2D eigenvalue weighted by Crippen LogP contribution is 2.30. The van der Waals surface area contributed by atoms with Crippen LogP contribution in [0.2, 0.25) is 10.0 Å². The Morgan fingerprint density at radius 1 is 0.957 bits per heavy atom. The molecule has 116 valence electrons. The number of aromatic nitrogens is 1. The van der Waals surface area contributed by atoms with Crippen LogP contribution in [0.5, 0.6) is 0 Å². The summed E-state index contributed by atoms with van der Waals surface area (Å²) in [4.78, 5) is 11.5. The van der Waals surface area contributed by atoms with Gasteiger partial charge < -0.3 is 9.67 Å². The van der Waals surface area contributed by atoms with Crippen LogP contribution < -0.4 is 0 Å². The number of carboxylic acid groups (broad SMARTS) is 1. The van der Waals surface area contributed by atoms with Crippen molar-refractivity contribution in [3.8, 4) is 16.9 Å². The van der Waals surface area contributed by atoms with Crippen LogP contribution in [0.4, 0.5) is 0 Å². The van der Waals surface area contributed by atoms with E-state index in [0.717, 1.165) is 16.9 Å². The summed E-state index contributed by atoms with van der Waals surface area (Å²) in [5.41, 5.74) is 3.46. The topological polar surface area (TPSA) is 42.2 Å². The maximum Gasteiger partial charge on any atom is 0.337 e. The molecule has 0 amide bonds. The van der Waals surface area contributed by atoms with E-state index in [2.05, 4.69) is 0 Å². The molecule has 0 unspecified atom stereocenters. The van der Waals surface area contributed by atoms with Gasteiger partial charge in [0.1, 0.15) is 0 Å². The van der Waals surface area contributed by atoms with Gasteiger partial charge in [-0.15, -0.1) is 0 Å². The van der Waals surface area contributed by atoms with Crippen molar-refractivity contribution in [1.82, 2.24) is 4.57 Å². The van der Waals surface area contributed by atoms with Gasteiger partial charge >= 0.3 is 5.97 Å². The molecule has 0 aliphatic carbocycles. The Balaban J connectivity index is 2.25. The molecule has 3 rings (SSSR count). The van der Waals surface area contributed by atoms with E-state index < -0.39 is 5.97 Å². The predicted molar refractivity (Wildman–Crippen MR) is 92.9 cm³/mol. The lowest BCUT2D eigenvalue weighted by Gasteiger charge is -2.12. The minimum Gasteiger partial charge on any atom is -0.478 e. The maximum atomic E-state index is 11.5. The van der Waals surface area contributed by atoms with E-state index in [4.69, 9.17) is 23.2 Å². The summed E-state index contributed by atoms with van der Waals surface area (Å²) in [7, 11) is 0. The Labute approximate surface area is 143 Å². The lowest BCUT2D eigenvalue weighted by Crippen LogP contribution is -2.02. The average Bonchev–Trinajstić information content (AvgIpc) is 2.87. The van der Waals surface area contributed by atoms with Crippen molar-refractivity contribution in [2.24, 2.45) is 0 Å². The highest BCUT2D eigenvalue weighted by Gasteiger charge is 2.18. The fourth-order valence-electron chi connectivity index (χ4n) is 2.58. The van der Waals surface area contributed by atoms with E-state index in [9.17, 15) is 9.90 Å². The molecule has 23 heavy (non-hydrogen) atoms. The number of carboxylic acids is 1. The van der Waals surface area contributed by atoms with E-state index in [0.29, 0.717) is 15.7 Å². The van der Waals surface area contributed by atoms with Crippen LogP contribution in [0, 0.1) is 6.92 Å². The molecule has 3 aromatic rings. The SMILES string of the molecule is Cc1c(C(=O)O)cc(-c2ccc(Cl)cc2)n1-c1ccc(Cl)cc1. The molecule has 0 bridgehead atoms. The summed E-state index contributed by atoms with van der Waals surface area (Å²) < 4.78 is 1.91. The molecule has 0 spiro atoms. The smallest absolute Gasteiger partial charge is 0.337 e. The first kappa shape index (κ1) is 15.7. The summed E-state index contributed by atoms with van der Waals surface area (Å²) in [5, 5.41) is 10.7. The van der Waals surface area contributed by atoms with Gasteiger partial charge in [0.15, 0.2) is 0 Å². The van der Waals surface area contributed by atoms with Gasteiger partial charge in [0.05, 0.1) is 11.3 Å². The fourth-order valence-corrected chi connectivity index (χ4v) is 2.83. The van der Waals surface area contributed by atoms with Crippen molar-refractivity contribution in [2.75, 3.05) is 0 Å². The minimum atomic E-state index is -0.953. The van der Waals surface area contributed by atoms with E-state index >= 15 is 0 Å². The van der Waals surface area contributed by atoms with Crippen molar-refractivity contribution in [1.29, 1.82) is 0 Å². The first-order valence-corrected chi connectivity index (χ1v) is 7.70. The molecule has 3 nitrogen and oxygen atoms in total. The zero-order valence-corrected chi connectivity index (χ0v) is 13.8. The van der Waals surface area contributed by atoms with Gasteiger partial charge in [0.25, 0.3) is 0 Å². The van der Waals surface area contributed by atoms with Gasteiger partial charge in [-0.2, -0.15) is 0 Å². The summed E-state index contributed by atoms with van der Waals surface area (Å²) in [6.07, 6.45) is 0. The molecule has 0 aliphatic rings. The maximum absolute atomic E-state index is 11.5. The first-order valence-electron chi connectivity index (χ1n) is 6.95. The normalized spacial score (nSPS) is 10.7. The number of aromatic carboxylic acids is 1. The quantitative estimate of drug-likeness (QED) is 0.684. The molecule has 0 radical (unpaired) electrons. The van der Waals surface area contributed by atoms with E-state index in [1.165, 1.54) is 0 Å². The number of hydrogen-bond acceptors (Lipinski definition) is 1. The summed E-state index contributed by atoms with van der Waals surface area (Å²) >= 11 is 11.9. The first-order chi connectivity index (χ1) is 11.0. The number of rotatable bonds is 3.